The van der Waals surface area contributed by atoms with E-state index in [-0.39, 0.29) is 44.6 Å². The highest BCUT2D eigenvalue weighted by Crippen LogP contribution is 2.27. The zero-order chi connectivity index (χ0) is 60.1. The Bertz CT molecular complexity index is 2450. The van der Waals surface area contributed by atoms with Gasteiger partial charge in [-0.3, -0.25) is 38.4 Å². The number of aliphatic hydroxyl groups is 2. The molecule has 11 atom stereocenters. The average molecular weight is 1120 g/mol. The van der Waals surface area contributed by atoms with Crippen LogP contribution in [0.5, 0.6) is 0 Å². The van der Waals surface area contributed by atoms with Crippen LogP contribution in [0.15, 0.2) is 60.7 Å². The molecule has 80 heavy (non-hydrogen) atoms. The van der Waals surface area contributed by atoms with Crippen LogP contribution in [0.3, 0.4) is 0 Å². The minimum Gasteiger partial charge on any atom is -0.450 e. The fourth-order valence-corrected chi connectivity index (χ4v) is 11.1. The smallest absolute Gasteiger partial charge is 0.332 e. The van der Waals surface area contributed by atoms with Crippen molar-refractivity contribution in [2.24, 2.45) is 29.6 Å². The van der Waals surface area contributed by atoms with Gasteiger partial charge in [-0.2, -0.15) is 0 Å². The maximum atomic E-state index is 15.3. The lowest BCUT2D eigenvalue weighted by Gasteiger charge is -2.40. The van der Waals surface area contributed by atoms with E-state index in [1.807, 2.05) is 39.0 Å². The van der Waals surface area contributed by atoms with E-state index in [0.29, 0.717) is 24.0 Å². The van der Waals surface area contributed by atoms with Crippen LogP contribution in [0.2, 0.25) is 0 Å². The van der Waals surface area contributed by atoms with E-state index < -0.39 is 144 Å². The van der Waals surface area contributed by atoms with Gasteiger partial charge in [0.25, 0.3) is 5.91 Å². The Morgan fingerprint density at radius 1 is 0.613 bits per heavy atom. The summed E-state index contributed by atoms with van der Waals surface area (Å²) in [6.45, 7) is 17.9. The van der Waals surface area contributed by atoms with Gasteiger partial charge in [0.15, 0.2) is 12.1 Å². The van der Waals surface area contributed by atoms with Crippen molar-refractivity contribution in [3.63, 3.8) is 0 Å². The number of cyclic esters (lactones) is 1. The monoisotopic (exact) mass is 1120 g/mol. The lowest BCUT2D eigenvalue weighted by atomic mass is 9.93. The van der Waals surface area contributed by atoms with Gasteiger partial charge in [-0.15, -0.1) is 0 Å². The number of nitrogens with one attached hydrogen (secondary N) is 3. The molecule has 0 aliphatic carbocycles. The van der Waals surface area contributed by atoms with Crippen LogP contribution in [-0.2, 0) is 60.7 Å². The standard InChI is InChI=1S/C60H92N8O12/c1-16-38(9)46-57(76)65(13)47(36(5)6)52(71)61-42(31-35(3)4)55(74)67(15)50(60(10,11)79)59(78)80-49(41(17-2)34-69)58(77)66(14)48(37(7)8)53(72)62-43(32-39-25-20-18-21-26-39)54(73)64(12)45(33-40-27-22-19-23-28-40)56(75)68-30-24-29-44(68)51(70)63-46/h18-23,25-28,35-38,41-50,69,79H,16-17,24,29-34H2,1-15H3,(H,61,71)(H,62,72)(H,63,70)/t38-,41-,42+,43+,44+,45+,46+,47+,48+,49-,50-/m1/s1. The predicted octanol–water partition coefficient (Wildman–Crippen LogP) is 3.34. The van der Waals surface area contributed by atoms with Gasteiger partial charge >= 0.3 is 5.97 Å². The number of hydrogen-bond donors (Lipinski definition) is 5. The number of rotatable bonds is 14. The zero-order valence-electron chi connectivity index (χ0n) is 49.9. The highest BCUT2D eigenvalue weighted by molar-refractivity contribution is 5.99. The summed E-state index contributed by atoms with van der Waals surface area (Å²) in [5, 5.41) is 31.1. The summed E-state index contributed by atoms with van der Waals surface area (Å²) in [5.74, 6) is -9.62. The number of likely N-dealkylation sites (N-methyl/N-ethyl adjacent to an activating group) is 4. The number of fused-ring (bicyclic) bond motifs is 1. The molecule has 4 rings (SSSR count). The van der Waals surface area contributed by atoms with Crippen molar-refractivity contribution in [1.82, 2.24) is 40.4 Å². The first-order chi connectivity index (χ1) is 37.5. The van der Waals surface area contributed by atoms with Crippen LogP contribution < -0.4 is 16.0 Å². The second-order valence-corrected chi connectivity index (χ2v) is 23.6. The summed E-state index contributed by atoms with van der Waals surface area (Å²) in [6, 6.07) is 7.63. The summed E-state index contributed by atoms with van der Waals surface area (Å²) in [6.07, 6.45) is -0.485. The number of aliphatic hydroxyl groups excluding tert-OH is 1. The van der Waals surface area contributed by atoms with Crippen LogP contribution in [0, 0.1) is 29.6 Å². The van der Waals surface area contributed by atoms with Crippen LogP contribution in [0.25, 0.3) is 0 Å². The topological polar surface area (TPSA) is 256 Å². The Labute approximate surface area is 474 Å². The van der Waals surface area contributed by atoms with E-state index in [9.17, 15) is 43.8 Å². The van der Waals surface area contributed by atoms with Gasteiger partial charge in [0, 0.05) is 60.1 Å². The molecule has 2 aromatic rings. The molecular formula is C60H92N8O12. The third-order valence-electron chi connectivity index (χ3n) is 15.8. The predicted molar refractivity (Wildman–Crippen MR) is 303 cm³/mol. The number of nitrogens with zero attached hydrogens (tertiary/aromatic N) is 5. The van der Waals surface area contributed by atoms with Gasteiger partial charge in [-0.05, 0) is 74.3 Å². The van der Waals surface area contributed by atoms with Gasteiger partial charge in [-0.25, -0.2) is 4.79 Å². The normalized spacial score (nSPS) is 26.3. The molecule has 2 aromatic carbocycles. The summed E-state index contributed by atoms with van der Waals surface area (Å²) in [5.41, 5.74) is -0.658. The van der Waals surface area contributed by atoms with Gasteiger partial charge in [0.05, 0.1) is 5.60 Å². The third kappa shape index (κ3) is 16.4. The highest BCUT2D eigenvalue weighted by atomic mass is 16.6. The lowest BCUT2D eigenvalue weighted by molar-refractivity contribution is -0.178. The molecule has 0 saturated carbocycles. The molecule has 2 aliphatic heterocycles. The SMILES string of the molecule is CC[C@H](CO)[C@H]1OC(=O)[C@H](C(C)(C)O)N(C)C(=O)[C@H](CC(C)C)NC(=O)[C@H](C(C)C)N(C)C(=O)[C@H]([C@H](C)CC)NC(=O)[C@@H]2CCCN2C(=O)[C@H](Cc2ccccc2)N(C)C(=O)[C@H](Cc2ccccc2)NC(=O)[C@H](C(C)C)N(C)C1=O. The Hall–Kier alpha value is -6.41. The highest BCUT2D eigenvalue weighted by Gasteiger charge is 2.48. The molecular weight excluding hydrogens is 1020 g/mol. The first-order valence-corrected chi connectivity index (χ1v) is 28.4. The number of hydrogen-bond acceptors (Lipinski definition) is 12. The summed E-state index contributed by atoms with van der Waals surface area (Å²) in [4.78, 5) is 140. The minimum atomic E-state index is -2.04. The number of esters is 1. The fraction of sp³-hybridized carbons (Fsp3) is 0.650. The van der Waals surface area contributed by atoms with Crippen molar-refractivity contribution >= 4 is 53.2 Å². The summed E-state index contributed by atoms with van der Waals surface area (Å²) < 4.78 is 6.02. The first-order valence-electron chi connectivity index (χ1n) is 28.4. The molecule has 20 nitrogen and oxygen atoms in total. The number of amides is 8. The second-order valence-electron chi connectivity index (χ2n) is 23.6. The molecule has 0 aromatic heterocycles. The number of carbonyl (C=O) groups excluding carboxylic acids is 9. The van der Waals surface area contributed by atoms with Gasteiger partial charge < -0.3 is 55.4 Å². The average Bonchev–Trinajstić information content (AvgIpc) is 3.91. The van der Waals surface area contributed by atoms with Crippen molar-refractivity contribution in [2.45, 2.75) is 181 Å². The Morgan fingerprint density at radius 3 is 1.59 bits per heavy atom. The van der Waals surface area contributed by atoms with E-state index in [4.69, 9.17) is 4.74 Å². The second kappa shape index (κ2) is 29.3. The van der Waals surface area contributed by atoms with E-state index in [0.717, 1.165) is 9.80 Å². The van der Waals surface area contributed by atoms with Crippen molar-refractivity contribution in [2.75, 3.05) is 41.3 Å². The molecule has 5 N–H and O–H groups in total. The molecule has 2 fully saturated rings. The Balaban J connectivity index is 1.99. The molecule has 2 aliphatic rings. The number of benzene rings is 2. The van der Waals surface area contributed by atoms with Crippen LogP contribution >= 0.6 is 0 Å². The zero-order valence-corrected chi connectivity index (χ0v) is 49.9. The van der Waals surface area contributed by atoms with Gasteiger partial charge in [0.1, 0.15) is 42.3 Å². The maximum Gasteiger partial charge on any atom is 0.332 e. The van der Waals surface area contributed by atoms with Crippen LogP contribution in [0.4, 0.5) is 0 Å². The lowest BCUT2D eigenvalue weighted by Crippen LogP contribution is -2.63. The summed E-state index contributed by atoms with van der Waals surface area (Å²) in [7, 11) is 5.52. The number of ether oxygens (including phenoxy) is 1. The summed E-state index contributed by atoms with van der Waals surface area (Å²) >= 11 is 0. The Kier molecular flexibility index (Phi) is 24.3. The molecule has 444 valence electrons. The molecule has 2 saturated heterocycles. The van der Waals surface area contributed by atoms with E-state index in [1.54, 1.807) is 84.0 Å². The molecule has 8 amide bonds. The molecule has 0 spiro atoms. The minimum absolute atomic E-state index is 0.0271. The van der Waals surface area contributed by atoms with Gasteiger partial charge in [-0.1, -0.05) is 129 Å². The molecule has 2 heterocycles. The fourth-order valence-electron chi connectivity index (χ4n) is 11.1. The maximum absolute atomic E-state index is 15.3. The Morgan fingerprint density at radius 2 is 1.11 bits per heavy atom. The number of carbonyl (C=O) groups is 9. The molecule has 20 heteroatoms. The van der Waals surface area contributed by atoms with E-state index >= 15 is 9.59 Å². The molecule has 0 radical (unpaired) electrons. The van der Waals surface area contributed by atoms with Crippen molar-refractivity contribution in [3.05, 3.63) is 71.8 Å². The van der Waals surface area contributed by atoms with E-state index in [2.05, 4.69) is 16.0 Å². The van der Waals surface area contributed by atoms with Crippen molar-refractivity contribution in [1.29, 1.82) is 0 Å². The first kappa shape index (κ1) is 66.1. The third-order valence-corrected chi connectivity index (χ3v) is 15.8. The molecule has 0 unspecified atom stereocenters. The molecule has 0 bridgehead atoms. The van der Waals surface area contributed by atoms with Crippen molar-refractivity contribution < 1.29 is 58.1 Å². The van der Waals surface area contributed by atoms with Crippen LogP contribution in [-0.4, -0.2) is 189 Å². The van der Waals surface area contributed by atoms with Gasteiger partial charge in [0.2, 0.25) is 41.4 Å². The quantitative estimate of drug-likeness (QED) is 0.171. The largest absolute Gasteiger partial charge is 0.450 e. The van der Waals surface area contributed by atoms with E-state index in [1.165, 1.54) is 56.7 Å². The van der Waals surface area contributed by atoms with Crippen molar-refractivity contribution in [3.8, 4) is 0 Å². The van der Waals surface area contributed by atoms with Crippen LogP contribution in [0.1, 0.15) is 119 Å².